The standard InChI is InChI=1S/C16H11Cl2N3O2/c1-10-11(22-14-7-3-6-13(17)20-14)4-2-5-12(10)23-15-8-9-19-16(18)21-15/h2-9H,1H3. The smallest absolute Gasteiger partial charge is 0.225 e. The maximum atomic E-state index is 5.86. The molecule has 0 atom stereocenters. The van der Waals surface area contributed by atoms with Crippen LogP contribution in [0.2, 0.25) is 10.4 Å². The molecule has 2 aromatic heterocycles. The Hall–Kier alpha value is -2.37. The fourth-order valence-electron chi connectivity index (χ4n) is 1.86. The lowest BCUT2D eigenvalue weighted by molar-refractivity contribution is 0.435. The van der Waals surface area contributed by atoms with E-state index in [0.717, 1.165) is 5.56 Å². The van der Waals surface area contributed by atoms with Gasteiger partial charge in [0.15, 0.2) is 0 Å². The molecule has 3 aromatic rings. The minimum Gasteiger partial charge on any atom is -0.439 e. The largest absolute Gasteiger partial charge is 0.439 e. The van der Waals surface area contributed by atoms with Crippen LogP contribution < -0.4 is 9.47 Å². The first-order valence-electron chi connectivity index (χ1n) is 6.68. The molecule has 0 unspecified atom stereocenters. The number of hydrogen-bond donors (Lipinski definition) is 0. The van der Waals surface area contributed by atoms with Crippen LogP contribution in [-0.4, -0.2) is 15.0 Å². The summed E-state index contributed by atoms with van der Waals surface area (Å²) in [6, 6.07) is 12.2. The molecule has 0 radical (unpaired) electrons. The summed E-state index contributed by atoms with van der Waals surface area (Å²) < 4.78 is 11.5. The average Bonchev–Trinajstić information content (AvgIpc) is 2.51. The molecule has 0 aliphatic rings. The van der Waals surface area contributed by atoms with E-state index >= 15 is 0 Å². The molecule has 2 heterocycles. The lowest BCUT2D eigenvalue weighted by Gasteiger charge is -2.12. The Bertz CT molecular complexity index is 777. The maximum absolute atomic E-state index is 5.86. The van der Waals surface area contributed by atoms with Crippen LogP contribution in [-0.2, 0) is 0 Å². The minimum absolute atomic E-state index is 0.121. The van der Waals surface area contributed by atoms with Gasteiger partial charge in [-0.15, -0.1) is 0 Å². The molecule has 0 amide bonds. The topological polar surface area (TPSA) is 57.1 Å². The summed E-state index contributed by atoms with van der Waals surface area (Å²) in [5.74, 6) is 1.96. The van der Waals surface area contributed by atoms with Gasteiger partial charge in [-0.1, -0.05) is 23.7 Å². The van der Waals surface area contributed by atoms with Crippen molar-refractivity contribution in [3.63, 3.8) is 0 Å². The monoisotopic (exact) mass is 347 g/mol. The van der Waals surface area contributed by atoms with Gasteiger partial charge in [0.1, 0.15) is 16.7 Å². The highest BCUT2D eigenvalue weighted by molar-refractivity contribution is 6.29. The van der Waals surface area contributed by atoms with Crippen molar-refractivity contribution in [2.75, 3.05) is 0 Å². The summed E-state index contributed by atoms with van der Waals surface area (Å²) in [4.78, 5) is 11.9. The third kappa shape index (κ3) is 3.88. The summed E-state index contributed by atoms with van der Waals surface area (Å²) in [5.41, 5.74) is 0.795. The SMILES string of the molecule is Cc1c(Oc2cccc(Cl)n2)cccc1Oc1ccnc(Cl)n1. The van der Waals surface area contributed by atoms with Crippen molar-refractivity contribution in [3.8, 4) is 23.3 Å². The number of nitrogens with zero attached hydrogens (tertiary/aromatic N) is 3. The van der Waals surface area contributed by atoms with E-state index < -0.39 is 0 Å². The third-order valence-corrected chi connectivity index (χ3v) is 3.35. The summed E-state index contributed by atoms with van der Waals surface area (Å²) in [5, 5.41) is 0.485. The van der Waals surface area contributed by atoms with Crippen molar-refractivity contribution in [2.45, 2.75) is 6.92 Å². The fraction of sp³-hybridized carbons (Fsp3) is 0.0625. The molecular weight excluding hydrogens is 337 g/mol. The van der Waals surface area contributed by atoms with Gasteiger partial charge in [-0.3, -0.25) is 0 Å². The first-order chi connectivity index (χ1) is 11.1. The third-order valence-electron chi connectivity index (χ3n) is 2.95. The van der Waals surface area contributed by atoms with Gasteiger partial charge < -0.3 is 9.47 Å². The highest BCUT2D eigenvalue weighted by Crippen LogP contribution is 2.33. The van der Waals surface area contributed by atoms with E-state index in [-0.39, 0.29) is 5.28 Å². The van der Waals surface area contributed by atoms with Gasteiger partial charge in [0.25, 0.3) is 0 Å². The second-order valence-electron chi connectivity index (χ2n) is 4.55. The molecule has 1 aromatic carbocycles. The van der Waals surface area contributed by atoms with Crippen LogP contribution in [0.25, 0.3) is 0 Å². The predicted molar refractivity (Wildman–Crippen MR) is 87.6 cm³/mol. The van der Waals surface area contributed by atoms with Gasteiger partial charge >= 0.3 is 0 Å². The normalized spacial score (nSPS) is 10.4. The van der Waals surface area contributed by atoms with E-state index in [2.05, 4.69) is 15.0 Å². The van der Waals surface area contributed by atoms with Crippen LogP contribution in [0.1, 0.15) is 5.56 Å². The number of aromatic nitrogens is 3. The first-order valence-corrected chi connectivity index (χ1v) is 7.44. The van der Waals surface area contributed by atoms with Crippen molar-refractivity contribution in [1.82, 2.24) is 15.0 Å². The van der Waals surface area contributed by atoms with Crippen molar-refractivity contribution < 1.29 is 9.47 Å². The zero-order chi connectivity index (χ0) is 16.2. The Morgan fingerprint density at radius 1 is 0.826 bits per heavy atom. The van der Waals surface area contributed by atoms with Crippen LogP contribution in [0.3, 0.4) is 0 Å². The molecule has 3 rings (SSSR count). The van der Waals surface area contributed by atoms with E-state index in [1.165, 1.54) is 6.20 Å². The second kappa shape index (κ2) is 6.81. The summed E-state index contributed by atoms with van der Waals surface area (Å²) >= 11 is 11.6. The Morgan fingerprint density at radius 2 is 1.48 bits per heavy atom. The van der Waals surface area contributed by atoms with Crippen LogP contribution >= 0.6 is 23.2 Å². The van der Waals surface area contributed by atoms with Gasteiger partial charge in [0, 0.05) is 23.9 Å². The molecule has 0 bridgehead atoms. The van der Waals surface area contributed by atoms with Crippen molar-refractivity contribution in [1.29, 1.82) is 0 Å². The number of ether oxygens (including phenoxy) is 2. The lowest BCUT2D eigenvalue weighted by Crippen LogP contribution is -1.95. The maximum Gasteiger partial charge on any atom is 0.225 e. The van der Waals surface area contributed by atoms with Crippen LogP contribution in [0.4, 0.5) is 0 Å². The molecule has 0 N–H and O–H groups in total. The van der Waals surface area contributed by atoms with Gasteiger partial charge in [-0.05, 0) is 36.7 Å². The predicted octanol–water partition coefficient (Wildman–Crippen LogP) is 5.07. The molecule has 116 valence electrons. The minimum atomic E-state index is 0.121. The molecule has 0 spiro atoms. The Balaban J connectivity index is 1.86. The van der Waals surface area contributed by atoms with Crippen LogP contribution in [0.5, 0.6) is 23.3 Å². The number of rotatable bonds is 4. The Labute approximate surface area is 142 Å². The van der Waals surface area contributed by atoms with Crippen molar-refractivity contribution in [3.05, 3.63) is 64.7 Å². The molecule has 0 saturated heterocycles. The van der Waals surface area contributed by atoms with Gasteiger partial charge in [-0.25, -0.2) is 9.97 Å². The van der Waals surface area contributed by atoms with Crippen molar-refractivity contribution >= 4 is 23.2 Å². The van der Waals surface area contributed by atoms with E-state index in [4.69, 9.17) is 32.7 Å². The molecule has 5 nitrogen and oxygen atoms in total. The number of benzene rings is 1. The zero-order valence-corrected chi connectivity index (χ0v) is 13.5. The lowest BCUT2D eigenvalue weighted by atomic mass is 10.2. The van der Waals surface area contributed by atoms with Crippen molar-refractivity contribution in [2.24, 2.45) is 0 Å². The number of halogens is 2. The summed E-state index contributed by atoms with van der Waals surface area (Å²) in [6.45, 7) is 1.87. The number of pyridine rings is 1. The highest BCUT2D eigenvalue weighted by atomic mass is 35.5. The second-order valence-corrected chi connectivity index (χ2v) is 5.27. The van der Waals surface area contributed by atoms with Crippen LogP contribution in [0, 0.1) is 6.92 Å². The number of hydrogen-bond acceptors (Lipinski definition) is 5. The van der Waals surface area contributed by atoms with Gasteiger partial charge in [0.2, 0.25) is 17.0 Å². The van der Waals surface area contributed by atoms with E-state index in [9.17, 15) is 0 Å². The van der Waals surface area contributed by atoms with Crippen LogP contribution in [0.15, 0.2) is 48.7 Å². The van der Waals surface area contributed by atoms with Gasteiger partial charge in [-0.2, -0.15) is 4.98 Å². The zero-order valence-electron chi connectivity index (χ0n) is 12.0. The average molecular weight is 348 g/mol. The Morgan fingerprint density at radius 3 is 2.13 bits per heavy atom. The molecule has 0 aliphatic heterocycles. The molecule has 23 heavy (non-hydrogen) atoms. The van der Waals surface area contributed by atoms with E-state index in [1.54, 1.807) is 24.3 Å². The highest BCUT2D eigenvalue weighted by Gasteiger charge is 2.10. The molecule has 0 fully saturated rings. The summed E-state index contributed by atoms with van der Waals surface area (Å²) in [7, 11) is 0. The first kappa shape index (κ1) is 15.5. The quantitative estimate of drug-likeness (QED) is 0.487. The Kier molecular flexibility index (Phi) is 4.60. The van der Waals surface area contributed by atoms with E-state index in [0.29, 0.717) is 28.4 Å². The van der Waals surface area contributed by atoms with E-state index in [1.807, 2.05) is 25.1 Å². The molecule has 0 aliphatic carbocycles. The fourth-order valence-corrected chi connectivity index (χ4v) is 2.16. The molecular formula is C16H11Cl2N3O2. The molecule has 0 saturated carbocycles. The summed E-state index contributed by atoms with van der Waals surface area (Å²) in [6.07, 6.45) is 1.52. The molecule has 7 heteroatoms. The van der Waals surface area contributed by atoms with Gasteiger partial charge in [0.05, 0.1) is 0 Å².